The Morgan fingerprint density at radius 1 is 1.06 bits per heavy atom. The van der Waals surface area contributed by atoms with Gasteiger partial charge in [-0.2, -0.15) is 0 Å². The zero-order valence-corrected chi connectivity index (χ0v) is 29.9. The molecule has 0 saturated carbocycles. The number of sulfonamides is 1. The van der Waals surface area contributed by atoms with Gasteiger partial charge in [-0.15, -0.1) is 0 Å². The third-order valence-electron chi connectivity index (χ3n) is 8.63. The molecule has 1 aromatic heterocycles. The van der Waals surface area contributed by atoms with Crippen molar-refractivity contribution in [3.63, 3.8) is 0 Å². The van der Waals surface area contributed by atoms with Crippen LogP contribution < -0.4 is 20.3 Å². The third kappa shape index (κ3) is 9.24. The predicted octanol–water partition coefficient (Wildman–Crippen LogP) is 5.81. The van der Waals surface area contributed by atoms with Gasteiger partial charge in [0.2, 0.25) is 10.0 Å². The maximum absolute atomic E-state index is 13.7. The molecule has 2 fully saturated rings. The average molecular weight is 699 g/mol. The lowest BCUT2D eigenvalue weighted by Gasteiger charge is -2.31. The zero-order chi connectivity index (χ0) is 34.5. The van der Waals surface area contributed by atoms with Crippen LogP contribution in [-0.2, 0) is 26.0 Å². The molecule has 0 radical (unpaired) electrons. The van der Waals surface area contributed by atoms with E-state index in [1.165, 1.54) is 17.4 Å². The first-order valence-electron chi connectivity index (χ1n) is 16.2. The van der Waals surface area contributed by atoms with Crippen LogP contribution in [0.4, 0.5) is 20.4 Å². The van der Waals surface area contributed by atoms with E-state index in [2.05, 4.69) is 37.1 Å². The van der Waals surface area contributed by atoms with Gasteiger partial charge in [0.15, 0.2) is 5.13 Å². The number of hydrogen-bond acceptors (Lipinski definition) is 10. The number of likely N-dealkylation sites (tertiary alicyclic amines) is 1. The average Bonchev–Trinajstić information content (AvgIpc) is 3.66. The molecule has 2 aliphatic rings. The van der Waals surface area contributed by atoms with Crippen molar-refractivity contribution in [2.24, 2.45) is 0 Å². The lowest BCUT2D eigenvalue weighted by atomic mass is 10.0. The van der Waals surface area contributed by atoms with Crippen molar-refractivity contribution < 1.29 is 27.5 Å². The van der Waals surface area contributed by atoms with Gasteiger partial charge in [-0.25, -0.2) is 27.7 Å². The van der Waals surface area contributed by atoms with E-state index >= 15 is 0 Å². The molecule has 260 valence electrons. The number of amides is 2. The number of alkyl carbamates (subject to hydrolysis) is 1. The second-order valence-corrected chi connectivity index (χ2v) is 16.4. The number of piperidine rings is 1. The number of rotatable bonds is 10. The summed E-state index contributed by atoms with van der Waals surface area (Å²) in [5.41, 5.74) is 0.825. The smallest absolute Gasteiger partial charge is 0.411 e. The fourth-order valence-corrected chi connectivity index (χ4v) is 8.60. The summed E-state index contributed by atoms with van der Waals surface area (Å²) < 4.78 is 41.3. The van der Waals surface area contributed by atoms with Crippen molar-refractivity contribution in [2.45, 2.75) is 82.0 Å². The van der Waals surface area contributed by atoms with Gasteiger partial charge in [0.05, 0.1) is 15.3 Å². The lowest BCUT2D eigenvalue weighted by Crippen LogP contribution is -2.43. The van der Waals surface area contributed by atoms with Crippen molar-refractivity contribution in [3.05, 3.63) is 60.3 Å². The highest BCUT2D eigenvalue weighted by atomic mass is 32.2. The largest absolute Gasteiger partial charge is 0.447 e. The van der Waals surface area contributed by atoms with E-state index in [0.717, 1.165) is 30.1 Å². The van der Waals surface area contributed by atoms with Crippen LogP contribution >= 0.6 is 11.3 Å². The SMILES string of the molecule is CN1CCC[C@]1(C)COC(=O)Nc1ccc(-c2cnc(N3CCC(OC(=O)NCc4ccccc4)CC3)s2)c(S(=O)(=O)NC(C)(C)C)c1. The Morgan fingerprint density at radius 2 is 1.79 bits per heavy atom. The Balaban J connectivity index is 1.24. The normalized spacial score (nSPS) is 19.2. The van der Waals surface area contributed by atoms with Crippen molar-refractivity contribution in [2.75, 3.05) is 43.5 Å². The summed E-state index contributed by atoms with van der Waals surface area (Å²) in [6.45, 7) is 10.3. The summed E-state index contributed by atoms with van der Waals surface area (Å²) in [5.74, 6) is 0. The van der Waals surface area contributed by atoms with E-state index in [1.807, 2.05) is 37.4 Å². The molecule has 3 heterocycles. The number of benzene rings is 2. The maximum atomic E-state index is 13.7. The van der Waals surface area contributed by atoms with Crippen LogP contribution in [0.5, 0.6) is 0 Å². The highest BCUT2D eigenvalue weighted by molar-refractivity contribution is 7.89. The van der Waals surface area contributed by atoms with Crippen LogP contribution in [0.15, 0.2) is 59.6 Å². The van der Waals surface area contributed by atoms with Crippen LogP contribution in [0, 0.1) is 0 Å². The summed E-state index contributed by atoms with van der Waals surface area (Å²) >= 11 is 1.39. The number of likely N-dealkylation sites (N-methyl/N-ethyl adjacent to an activating group) is 1. The lowest BCUT2D eigenvalue weighted by molar-refractivity contribution is 0.0773. The van der Waals surface area contributed by atoms with Crippen LogP contribution in [0.3, 0.4) is 0 Å². The topological polar surface area (TPSA) is 142 Å². The molecule has 3 N–H and O–H groups in total. The van der Waals surface area contributed by atoms with Crippen molar-refractivity contribution in [1.82, 2.24) is 19.9 Å². The van der Waals surface area contributed by atoms with Crippen LogP contribution in [0.2, 0.25) is 0 Å². The summed E-state index contributed by atoms with van der Waals surface area (Å²) in [5, 5.41) is 6.27. The number of carbonyl (C=O) groups excluding carboxylic acids is 2. The molecular formula is C34H46N6O6S2. The molecule has 48 heavy (non-hydrogen) atoms. The Hall–Kier alpha value is -3.72. The fourth-order valence-electron chi connectivity index (χ4n) is 5.86. The first-order chi connectivity index (χ1) is 22.7. The number of hydrogen-bond donors (Lipinski definition) is 3. The highest BCUT2D eigenvalue weighted by Crippen LogP contribution is 2.37. The second-order valence-electron chi connectivity index (χ2n) is 13.7. The first kappa shape index (κ1) is 35.6. The number of aromatic nitrogens is 1. The summed E-state index contributed by atoms with van der Waals surface area (Å²) in [6, 6.07) is 14.5. The Bertz CT molecular complexity index is 1690. The molecule has 2 saturated heterocycles. The van der Waals surface area contributed by atoms with Gasteiger partial charge >= 0.3 is 12.2 Å². The van der Waals surface area contributed by atoms with Gasteiger partial charge in [-0.1, -0.05) is 47.7 Å². The number of nitrogens with zero attached hydrogens (tertiary/aromatic N) is 3. The monoisotopic (exact) mass is 698 g/mol. The zero-order valence-electron chi connectivity index (χ0n) is 28.2. The van der Waals surface area contributed by atoms with Gasteiger partial charge in [0, 0.05) is 55.5 Å². The van der Waals surface area contributed by atoms with E-state index in [1.54, 1.807) is 39.1 Å². The Morgan fingerprint density at radius 3 is 2.46 bits per heavy atom. The molecule has 1 atom stereocenters. The second kappa shape index (κ2) is 14.8. The Labute approximate surface area is 287 Å². The minimum Gasteiger partial charge on any atom is -0.447 e. The number of anilines is 2. The number of thiazole rings is 1. The van der Waals surface area contributed by atoms with Crippen LogP contribution in [0.1, 0.15) is 58.9 Å². The van der Waals surface area contributed by atoms with Crippen molar-refractivity contribution >= 4 is 44.4 Å². The summed E-state index contributed by atoms with van der Waals surface area (Å²) in [7, 11) is -1.98. The molecule has 0 aliphatic carbocycles. The maximum Gasteiger partial charge on any atom is 0.411 e. The van der Waals surface area contributed by atoms with E-state index in [0.29, 0.717) is 48.6 Å². The van der Waals surface area contributed by atoms with Crippen molar-refractivity contribution in [1.29, 1.82) is 0 Å². The minimum atomic E-state index is -3.99. The molecule has 2 aromatic carbocycles. The first-order valence-corrected chi connectivity index (χ1v) is 18.5. The minimum absolute atomic E-state index is 0.0292. The highest BCUT2D eigenvalue weighted by Gasteiger charge is 2.35. The van der Waals surface area contributed by atoms with E-state index in [9.17, 15) is 18.0 Å². The van der Waals surface area contributed by atoms with E-state index < -0.39 is 27.7 Å². The molecule has 0 spiro atoms. The van der Waals surface area contributed by atoms with E-state index in [4.69, 9.17) is 9.47 Å². The Kier molecular flexibility index (Phi) is 11.0. The predicted molar refractivity (Wildman–Crippen MR) is 188 cm³/mol. The summed E-state index contributed by atoms with van der Waals surface area (Å²) in [4.78, 5) is 34.7. The molecule has 5 rings (SSSR count). The van der Waals surface area contributed by atoms with Crippen LogP contribution in [-0.4, -0.2) is 81.0 Å². The molecule has 14 heteroatoms. The molecule has 2 aliphatic heterocycles. The fraction of sp³-hybridized carbons (Fsp3) is 0.500. The molecule has 0 unspecified atom stereocenters. The molecule has 3 aromatic rings. The van der Waals surface area contributed by atoms with Gasteiger partial charge < -0.3 is 19.7 Å². The van der Waals surface area contributed by atoms with Crippen molar-refractivity contribution in [3.8, 4) is 10.4 Å². The molecule has 12 nitrogen and oxygen atoms in total. The quantitative estimate of drug-likeness (QED) is 0.239. The molecule has 2 amide bonds. The molecular weight excluding hydrogens is 653 g/mol. The van der Waals surface area contributed by atoms with Crippen LogP contribution in [0.25, 0.3) is 10.4 Å². The van der Waals surface area contributed by atoms with E-state index in [-0.39, 0.29) is 23.1 Å². The standard InChI is InChI=1S/C34H46N6O6S2/c1-33(2,3)38-48(43,44)29-20-25(37-32(42)45-23-34(4)16-9-17-39(34)5)12-13-27(29)28-22-35-30(47-28)40-18-14-26(15-19-40)46-31(41)36-21-24-10-7-6-8-11-24/h6-8,10-13,20,22,26,38H,9,14-19,21,23H2,1-5H3,(H,36,41)(H,37,42)/t34-/m1/s1. The summed E-state index contributed by atoms with van der Waals surface area (Å²) in [6.07, 6.45) is 3.66. The van der Waals surface area contributed by atoms with Gasteiger partial charge in [-0.05, 0) is 71.8 Å². The van der Waals surface area contributed by atoms with Gasteiger partial charge in [0.1, 0.15) is 12.7 Å². The number of carbonyl (C=O) groups is 2. The molecule has 0 bridgehead atoms. The number of ether oxygens (including phenoxy) is 2. The van der Waals surface area contributed by atoms with Gasteiger partial charge in [-0.3, -0.25) is 10.2 Å². The van der Waals surface area contributed by atoms with Gasteiger partial charge in [0.25, 0.3) is 0 Å². The number of nitrogens with one attached hydrogen (secondary N) is 3. The third-order valence-corrected chi connectivity index (χ3v) is 11.5.